The summed E-state index contributed by atoms with van der Waals surface area (Å²) in [5, 5.41) is 0.750. The summed E-state index contributed by atoms with van der Waals surface area (Å²) >= 11 is 5.56. The van der Waals surface area contributed by atoms with Gasteiger partial charge in [0.2, 0.25) is 0 Å². The van der Waals surface area contributed by atoms with Crippen LogP contribution in [0.4, 0.5) is 0 Å². The molecule has 0 bridgehead atoms. The van der Waals surface area contributed by atoms with Crippen molar-refractivity contribution < 1.29 is 0 Å². The van der Waals surface area contributed by atoms with Crippen LogP contribution in [-0.2, 0) is 0 Å². The summed E-state index contributed by atoms with van der Waals surface area (Å²) in [7, 11) is 0. The van der Waals surface area contributed by atoms with E-state index in [9.17, 15) is 0 Å². The molecule has 0 heterocycles. The Morgan fingerprint density at radius 1 is 1.57 bits per heavy atom. The van der Waals surface area contributed by atoms with Crippen molar-refractivity contribution in [3.8, 4) is 0 Å². The summed E-state index contributed by atoms with van der Waals surface area (Å²) in [6.45, 7) is 7.39. The van der Waals surface area contributed by atoms with Gasteiger partial charge in [-0.15, -0.1) is 0 Å². The van der Waals surface area contributed by atoms with Gasteiger partial charge >= 0.3 is 0 Å². The SMILES string of the molecule is C=CC(Cl)=C(C)C. The minimum atomic E-state index is 0.750. The van der Waals surface area contributed by atoms with Crippen LogP contribution in [0.3, 0.4) is 0 Å². The largest absolute Gasteiger partial charge is 0.0976 e. The van der Waals surface area contributed by atoms with Crippen LogP contribution in [0.15, 0.2) is 23.3 Å². The topological polar surface area (TPSA) is 0 Å². The Morgan fingerprint density at radius 2 is 2.00 bits per heavy atom. The first-order chi connectivity index (χ1) is 3.18. The summed E-state index contributed by atoms with van der Waals surface area (Å²) in [5.74, 6) is 0. The van der Waals surface area contributed by atoms with E-state index in [1.807, 2.05) is 13.8 Å². The van der Waals surface area contributed by atoms with Crippen LogP contribution in [-0.4, -0.2) is 0 Å². The van der Waals surface area contributed by atoms with Crippen LogP contribution in [0.2, 0.25) is 0 Å². The summed E-state index contributed by atoms with van der Waals surface area (Å²) in [6, 6.07) is 0. The molecule has 0 aliphatic heterocycles. The van der Waals surface area contributed by atoms with Gasteiger partial charge in [-0.1, -0.05) is 29.8 Å². The maximum atomic E-state index is 5.56. The van der Waals surface area contributed by atoms with Crippen molar-refractivity contribution in [3.05, 3.63) is 23.3 Å². The predicted molar refractivity (Wildman–Crippen MR) is 34.4 cm³/mol. The Kier molecular flexibility index (Phi) is 2.77. The molecule has 0 saturated heterocycles. The van der Waals surface area contributed by atoms with Crippen molar-refractivity contribution in [2.75, 3.05) is 0 Å². The van der Waals surface area contributed by atoms with E-state index < -0.39 is 0 Å². The minimum Gasteiger partial charge on any atom is -0.0976 e. The van der Waals surface area contributed by atoms with E-state index in [1.165, 1.54) is 0 Å². The Labute approximate surface area is 49.5 Å². The lowest BCUT2D eigenvalue weighted by Gasteiger charge is -1.87. The van der Waals surface area contributed by atoms with Crippen LogP contribution >= 0.6 is 11.6 Å². The Hall–Kier alpha value is -0.230. The number of hydrogen-bond acceptors (Lipinski definition) is 0. The molecule has 7 heavy (non-hydrogen) atoms. The van der Waals surface area contributed by atoms with E-state index in [1.54, 1.807) is 6.08 Å². The Morgan fingerprint density at radius 3 is 2.00 bits per heavy atom. The smallest absolute Gasteiger partial charge is 0.0386 e. The van der Waals surface area contributed by atoms with Gasteiger partial charge in [-0.05, 0) is 13.8 Å². The molecule has 0 radical (unpaired) electrons. The molecule has 0 rings (SSSR count). The van der Waals surface area contributed by atoms with Crippen LogP contribution in [0, 0.1) is 0 Å². The number of hydrogen-bond donors (Lipinski definition) is 0. The lowest BCUT2D eigenvalue weighted by Crippen LogP contribution is -1.65. The highest BCUT2D eigenvalue weighted by molar-refractivity contribution is 6.31. The first kappa shape index (κ1) is 6.77. The van der Waals surface area contributed by atoms with Gasteiger partial charge in [-0.2, -0.15) is 0 Å². The normalized spacial score (nSPS) is 7.86. The van der Waals surface area contributed by atoms with Crippen LogP contribution in [0.25, 0.3) is 0 Å². The van der Waals surface area contributed by atoms with Gasteiger partial charge < -0.3 is 0 Å². The molecule has 0 aromatic carbocycles. The molecule has 0 aliphatic carbocycles. The van der Waals surface area contributed by atoms with E-state index in [0.29, 0.717) is 0 Å². The third-order valence-electron chi connectivity index (χ3n) is 0.657. The highest BCUT2D eigenvalue weighted by atomic mass is 35.5. The predicted octanol–water partition coefficient (Wildman–Crippen LogP) is 2.71. The van der Waals surface area contributed by atoms with E-state index in [2.05, 4.69) is 6.58 Å². The van der Waals surface area contributed by atoms with Gasteiger partial charge in [0.1, 0.15) is 0 Å². The molecule has 1 heteroatoms. The average Bonchev–Trinajstić information content (AvgIpc) is 1.65. The molecule has 0 amide bonds. The van der Waals surface area contributed by atoms with Gasteiger partial charge in [0.15, 0.2) is 0 Å². The summed E-state index contributed by atoms with van der Waals surface area (Å²) < 4.78 is 0. The summed E-state index contributed by atoms with van der Waals surface area (Å²) in [6.07, 6.45) is 1.64. The second-order valence-electron chi connectivity index (χ2n) is 1.55. The highest BCUT2D eigenvalue weighted by Gasteiger charge is 1.82. The molecule has 0 saturated carbocycles. The molecule has 0 N–H and O–H groups in total. The van der Waals surface area contributed by atoms with Gasteiger partial charge in [0.05, 0.1) is 0 Å². The summed E-state index contributed by atoms with van der Waals surface area (Å²) in [4.78, 5) is 0. The molecule has 0 spiro atoms. The monoisotopic (exact) mass is 116 g/mol. The molecule has 0 unspecified atom stereocenters. The first-order valence-electron chi connectivity index (χ1n) is 2.14. The zero-order chi connectivity index (χ0) is 5.86. The van der Waals surface area contributed by atoms with Gasteiger partial charge in [-0.3, -0.25) is 0 Å². The molecule has 0 aromatic rings. The number of allylic oxidation sites excluding steroid dienone is 3. The van der Waals surface area contributed by atoms with Crippen molar-refractivity contribution in [1.82, 2.24) is 0 Å². The Bertz CT molecular complexity index is 96.7. The van der Waals surface area contributed by atoms with Gasteiger partial charge in [0, 0.05) is 5.03 Å². The fraction of sp³-hybridized carbons (Fsp3) is 0.333. The highest BCUT2D eigenvalue weighted by Crippen LogP contribution is 2.07. The van der Waals surface area contributed by atoms with Crippen LogP contribution < -0.4 is 0 Å². The lowest BCUT2D eigenvalue weighted by atomic mass is 10.3. The van der Waals surface area contributed by atoms with Gasteiger partial charge in [-0.25, -0.2) is 0 Å². The van der Waals surface area contributed by atoms with Crippen molar-refractivity contribution in [2.24, 2.45) is 0 Å². The van der Waals surface area contributed by atoms with E-state index in [4.69, 9.17) is 11.6 Å². The maximum absolute atomic E-state index is 5.56. The van der Waals surface area contributed by atoms with E-state index in [0.717, 1.165) is 10.6 Å². The second kappa shape index (κ2) is 2.86. The van der Waals surface area contributed by atoms with Crippen LogP contribution in [0.5, 0.6) is 0 Å². The van der Waals surface area contributed by atoms with Crippen molar-refractivity contribution >= 4 is 11.6 Å². The molecule has 0 aliphatic rings. The fourth-order valence-corrected chi connectivity index (χ4v) is 0.204. The molecular formula is C6H9Cl. The van der Waals surface area contributed by atoms with Crippen molar-refractivity contribution in [1.29, 1.82) is 0 Å². The zero-order valence-electron chi connectivity index (χ0n) is 4.66. The maximum Gasteiger partial charge on any atom is 0.0386 e. The standard InChI is InChI=1S/C6H9Cl/c1-4-6(7)5(2)3/h4H,1H2,2-3H3. The third-order valence-corrected chi connectivity index (χ3v) is 1.19. The molecule has 40 valence electrons. The number of halogens is 1. The molecule has 0 aromatic heterocycles. The lowest BCUT2D eigenvalue weighted by molar-refractivity contribution is 1.38. The second-order valence-corrected chi connectivity index (χ2v) is 1.96. The molecular weight excluding hydrogens is 108 g/mol. The van der Waals surface area contributed by atoms with Crippen molar-refractivity contribution in [2.45, 2.75) is 13.8 Å². The van der Waals surface area contributed by atoms with Crippen molar-refractivity contribution in [3.63, 3.8) is 0 Å². The zero-order valence-corrected chi connectivity index (χ0v) is 5.42. The molecule has 0 atom stereocenters. The molecule has 0 fully saturated rings. The quantitative estimate of drug-likeness (QED) is 0.462. The van der Waals surface area contributed by atoms with E-state index >= 15 is 0 Å². The Balaban J connectivity index is 3.98. The minimum absolute atomic E-state index is 0.750. The first-order valence-corrected chi connectivity index (χ1v) is 2.51. The fourth-order valence-electron chi connectivity index (χ4n) is 0.204. The van der Waals surface area contributed by atoms with Crippen LogP contribution in [0.1, 0.15) is 13.8 Å². The number of rotatable bonds is 1. The molecule has 0 nitrogen and oxygen atoms in total. The van der Waals surface area contributed by atoms with Gasteiger partial charge in [0.25, 0.3) is 0 Å². The third kappa shape index (κ3) is 2.46. The van der Waals surface area contributed by atoms with E-state index in [-0.39, 0.29) is 0 Å². The average molecular weight is 117 g/mol. The summed E-state index contributed by atoms with van der Waals surface area (Å²) in [5.41, 5.74) is 1.11.